The molecule has 114 valence electrons. The average molecular weight is 289 g/mol. The molecule has 0 radical (unpaired) electrons. The van der Waals surface area contributed by atoms with Gasteiger partial charge in [0.2, 0.25) is 11.8 Å². The monoisotopic (exact) mass is 289 g/mol. The van der Waals surface area contributed by atoms with E-state index in [1.807, 2.05) is 37.3 Å². The number of nitrogens with one attached hydrogen (secondary N) is 2. The van der Waals surface area contributed by atoms with Crippen LogP contribution in [0.3, 0.4) is 0 Å². The summed E-state index contributed by atoms with van der Waals surface area (Å²) >= 11 is 0. The van der Waals surface area contributed by atoms with E-state index < -0.39 is 0 Å². The molecule has 0 bridgehead atoms. The van der Waals surface area contributed by atoms with Crippen molar-refractivity contribution in [3.8, 4) is 0 Å². The van der Waals surface area contributed by atoms with Gasteiger partial charge in [0.05, 0.1) is 12.5 Å². The molecule has 2 N–H and O–H groups in total. The molecule has 1 aromatic carbocycles. The van der Waals surface area contributed by atoms with E-state index in [0.29, 0.717) is 13.1 Å². The highest BCUT2D eigenvalue weighted by molar-refractivity contribution is 5.88. The van der Waals surface area contributed by atoms with E-state index in [-0.39, 0.29) is 24.3 Å². The maximum Gasteiger partial charge on any atom is 0.242 e. The number of carbonyl (C=O) groups excluding carboxylic acids is 2. The van der Waals surface area contributed by atoms with Crippen molar-refractivity contribution in [3.63, 3.8) is 0 Å². The van der Waals surface area contributed by atoms with Crippen molar-refractivity contribution in [2.24, 2.45) is 0 Å². The lowest BCUT2D eigenvalue weighted by molar-refractivity contribution is -0.133. The van der Waals surface area contributed by atoms with Gasteiger partial charge in [-0.3, -0.25) is 9.59 Å². The number of piperazine rings is 1. The highest BCUT2D eigenvalue weighted by Gasteiger charge is 2.21. The fraction of sp³-hybridized carbons (Fsp3) is 0.500. The second-order valence-corrected chi connectivity index (χ2v) is 5.22. The molecule has 2 amide bonds. The predicted octanol–water partition coefficient (Wildman–Crippen LogP) is 0.728. The first-order valence-corrected chi connectivity index (χ1v) is 7.53. The Morgan fingerprint density at radius 2 is 1.90 bits per heavy atom. The molecule has 1 aliphatic heterocycles. The van der Waals surface area contributed by atoms with Gasteiger partial charge in [0, 0.05) is 26.2 Å². The lowest BCUT2D eigenvalue weighted by Gasteiger charge is -2.27. The molecule has 1 aliphatic rings. The quantitative estimate of drug-likeness (QED) is 0.840. The summed E-state index contributed by atoms with van der Waals surface area (Å²) in [6.07, 6.45) is 0.720. The Balaban J connectivity index is 1.86. The van der Waals surface area contributed by atoms with Crippen LogP contribution in [0.15, 0.2) is 30.3 Å². The third kappa shape index (κ3) is 4.29. The smallest absolute Gasteiger partial charge is 0.242 e. The number of hydrogen-bond donors (Lipinski definition) is 2. The molecule has 2 rings (SSSR count). The van der Waals surface area contributed by atoms with Crippen LogP contribution in [0.1, 0.15) is 24.8 Å². The highest BCUT2D eigenvalue weighted by atomic mass is 16.2. The second-order valence-electron chi connectivity index (χ2n) is 5.22. The van der Waals surface area contributed by atoms with Gasteiger partial charge in [-0.2, -0.15) is 0 Å². The van der Waals surface area contributed by atoms with Crippen molar-refractivity contribution >= 4 is 11.8 Å². The van der Waals surface area contributed by atoms with Crippen LogP contribution in [0, 0.1) is 0 Å². The number of nitrogens with zero attached hydrogens (tertiary/aromatic N) is 1. The van der Waals surface area contributed by atoms with Gasteiger partial charge in [-0.05, 0) is 12.0 Å². The van der Waals surface area contributed by atoms with Crippen LogP contribution in [0.5, 0.6) is 0 Å². The van der Waals surface area contributed by atoms with E-state index in [2.05, 4.69) is 10.6 Å². The van der Waals surface area contributed by atoms with Gasteiger partial charge in [-0.1, -0.05) is 37.3 Å². The van der Waals surface area contributed by atoms with Gasteiger partial charge in [0.1, 0.15) is 0 Å². The summed E-state index contributed by atoms with van der Waals surface area (Å²) in [7, 11) is 0. The summed E-state index contributed by atoms with van der Waals surface area (Å²) in [5.41, 5.74) is 0.993. The minimum Gasteiger partial charge on any atom is -0.347 e. The minimum absolute atomic E-state index is 0.00670. The lowest BCUT2D eigenvalue weighted by Crippen LogP contribution is -2.49. The normalized spacial score (nSPS) is 16.3. The van der Waals surface area contributed by atoms with Crippen molar-refractivity contribution in [2.75, 3.05) is 32.7 Å². The number of hydrogen-bond acceptors (Lipinski definition) is 3. The van der Waals surface area contributed by atoms with E-state index in [9.17, 15) is 9.59 Å². The summed E-state index contributed by atoms with van der Waals surface area (Å²) in [6, 6.07) is 9.69. The average Bonchev–Trinajstić information content (AvgIpc) is 2.55. The molecule has 5 heteroatoms. The molecular formula is C16H23N3O2. The van der Waals surface area contributed by atoms with E-state index in [4.69, 9.17) is 0 Å². The number of carbonyl (C=O) groups is 2. The molecule has 1 aromatic rings. The summed E-state index contributed by atoms with van der Waals surface area (Å²) in [5, 5.41) is 5.98. The third-order valence-corrected chi connectivity index (χ3v) is 3.81. The van der Waals surface area contributed by atoms with Crippen molar-refractivity contribution in [3.05, 3.63) is 35.9 Å². The topological polar surface area (TPSA) is 61.4 Å². The Morgan fingerprint density at radius 1 is 1.24 bits per heavy atom. The second kappa shape index (κ2) is 7.78. The fourth-order valence-electron chi connectivity index (χ4n) is 2.57. The number of amides is 2. The molecule has 1 saturated heterocycles. The van der Waals surface area contributed by atoms with Gasteiger partial charge in [0.25, 0.3) is 0 Å². The summed E-state index contributed by atoms with van der Waals surface area (Å²) in [4.78, 5) is 26.1. The molecule has 5 nitrogen and oxygen atoms in total. The summed E-state index contributed by atoms with van der Waals surface area (Å²) in [5.74, 6) is -0.276. The standard InChI is InChI=1S/C16H23N3O2/c1-2-14(13-6-4-3-5-7-13)16(21)18-12-15(20)19-10-8-17-9-11-19/h3-7,14,17H,2,8-12H2,1H3,(H,18,21). The molecule has 1 heterocycles. The minimum atomic E-state index is -0.193. The molecule has 0 saturated carbocycles. The Kier molecular flexibility index (Phi) is 5.75. The molecular weight excluding hydrogens is 266 g/mol. The Morgan fingerprint density at radius 3 is 2.52 bits per heavy atom. The van der Waals surface area contributed by atoms with Crippen LogP contribution in [-0.2, 0) is 9.59 Å². The van der Waals surface area contributed by atoms with E-state index in [1.54, 1.807) is 4.90 Å². The van der Waals surface area contributed by atoms with Crippen LogP contribution < -0.4 is 10.6 Å². The lowest BCUT2D eigenvalue weighted by atomic mass is 9.96. The largest absolute Gasteiger partial charge is 0.347 e. The van der Waals surface area contributed by atoms with Gasteiger partial charge in [-0.15, -0.1) is 0 Å². The first kappa shape index (κ1) is 15.5. The zero-order valence-electron chi connectivity index (χ0n) is 12.5. The molecule has 1 fully saturated rings. The van der Waals surface area contributed by atoms with Crippen molar-refractivity contribution in [1.82, 2.24) is 15.5 Å². The van der Waals surface area contributed by atoms with Crippen molar-refractivity contribution in [1.29, 1.82) is 0 Å². The third-order valence-electron chi connectivity index (χ3n) is 3.81. The molecule has 1 unspecified atom stereocenters. The zero-order valence-corrected chi connectivity index (χ0v) is 12.5. The number of benzene rings is 1. The maximum atomic E-state index is 12.3. The highest BCUT2D eigenvalue weighted by Crippen LogP contribution is 2.18. The van der Waals surface area contributed by atoms with Gasteiger partial charge >= 0.3 is 0 Å². The summed E-state index contributed by atoms with van der Waals surface area (Å²) < 4.78 is 0. The number of rotatable bonds is 5. The van der Waals surface area contributed by atoms with Crippen LogP contribution >= 0.6 is 0 Å². The van der Waals surface area contributed by atoms with Gasteiger partial charge in [-0.25, -0.2) is 0 Å². The van der Waals surface area contributed by atoms with Crippen LogP contribution in [0.2, 0.25) is 0 Å². The molecule has 0 spiro atoms. The SMILES string of the molecule is CCC(C(=O)NCC(=O)N1CCNCC1)c1ccccc1. The van der Waals surface area contributed by atoms with Crippen molar-refractivity contribution in [2.45, 2.75) is 19.3 Å². The van der Waals surface area contributed by atoms with Crippen LogP contribution in [0.4, 0.5) is 0 Å². The van der Waals surface area contributed by atoms with E-state index in [0.717, 1.165) is 25.1 Å². The molecule has 21 heavy (non-hydrogen) atoms. The van der Waals surface area contributed by atoms with Crippen molar-refractivity contribution < 1.29 is 9.59 Å². The Labute approximate surface area is 125 Å². The zero-order chi connectivity index (χ0) is 15.1. The molecule has 1 atom stereocenters. The maximum absolute atomic E-state index is 12.3. The van der Waals surface area contributed by atoms with Crippen LogP contribution in [-0.4, -0.2) is 49.4 Å². The molecule has 0 aliphatic carbocycles. The predicted molar refractivity (Wildman–Crippen MR) is 81.9 cm³/mol. The van der Waals surface area contributed by atoms with Crippen LogP contribution in [0.25, 0.3) is 0 Å². The Bertz CT molecular complexity index is 470. The van der Waals surface area contributed by atoms with E-state index >= 15 is 0 Å². The van der Waals surface area contributed by atoms with E-state index in [1.165, 1.54) is 0 Å². The molecule has 0 aromatic heterocycles. The first-order valence-electron chi connectivity index (χ1n) is 7.53. The van der Waals surface area contributed by atoms with Gasteiger partial charge in [0.15, 0.2) is 0 Å². The summed E-state index contributed by atoms with van der Waals surface area (Å²) in [6.45, 7) is 5.13. The fourth-order valence-corrected chi connectivity index (χ4v) is 2.57. The Hall–Kier alpha value is -1.88. The first-order chi connectivity index (χ1) is 10.2. The van der Waals surface area contributed by atoms with Gasteiger partial charge < -0.3 is 15.5 Å².